The number of nitrogens with zero attached hydrogens (tertiary/aromatic N) is 1. The Bertz CT molecular complexity index is 916. The molecule has 0 saturated carbocycles. The topological polar surface area (TPSA) is 47.0 Å². The fraction of sp³-hybridized carbons (Fsp3) is 0.133. The van der Waals surface area contributed by atoms with Crippen molar-refractivity contribution >= 4 is 43.0 Å². The molecule has 108 valence electrons. The average Bonchev–Trinajstić information content (AvgIpc) is 2.79. The summed E-state index contributed by atoms with van der Waals surface area (Å²) in [6.07, 6.45) is 0. The first-order valence-electron chi connectivity index (χ1n) is 6.29. The van der Waals surface area contributed by atoms with Gasteiger partial charge in [0.1, 0.15) is 10.8 Å². The Morgan fingerprint density at radius 1 is 1.19 bits per heavy atom. The molecule has 21 heavy (non-hydrogen) atoms. The van der Waals surface area contributed by atoms with Crippen LogP contribution in [0.1, 0.15) is 10.6 Å². The maximum atomic E-state index is 12.5. The van der Waals surface area contributed by atoms with Gasteiger partial charge in [-0.05, 0) is 36.8 Å². The van der Waals surface area contributed by atoms with Gasteiger partial charge in [-0.1, -0.05) is 29.8 Å². The Kier molecular flexibility index (Phi) is 3.73. The van der Waals surface area contributed by atoms with Crippen molar-refractivity contribution in [2.75, 3.05) is 0 Å². The zero-order valence-corrected chi connectivity index (χ0v) is 13.6. The molecule has 0 spiro atoms. The van der Waals surface area contributed by atoms with Crippen molar-refractivity contribution in [1.29, 1.82) is 0 Å². The molecule has 0 aliphatic heterocycles. The number of benzene rings is 2. The second kappa shape index (κ2) is 5.40. The van der Waals surface area contributed by atoms with Crippen LogP contribution < -0.4 is 0 Å². The molecule has 6 heteroatoms. The number of rotatable bonds is 3. The Morgan fingerprint density at radius 2 is 1.95 bits per heavy atom. The summed E-state index contributed by atoms with van der Waals surface area (Å²) in [4.78, 5) is 4.73. The first-order chi connectivity index (χ1) is 9.95. The summed E-state index contributed by atoms with van der Waals surface area (Å²) < 4.78 is 26.0. The van der Waals surface area contributed by atoms with Crippen LogP contribution in [0.3, 0.4) is 0 Å². The maximum absolute atomic E-state index is 12.5. The van der Waals surface area contributed by atoms with Crippen molar-refractivity contribution in [3.05, 3.63) is 58.1 Å². The number of halogens is 1. The molecule has 0 saturated heterocycles. The van der Waals surface area contributed by atoms with Crippen molar-refractivity contribution < 1.29 is 8.42 Å². The van der Waals surface area contributed by atoms with Gasteiger partial charge in [-0.2, -0.15) is 0 Å². The Labute approximate surface area is 132 Å². The fourth-order valence-corrected chi connectivity index (χ4v) is 5.16. The van der Waals surface area contributed by atoms with Gasteiger partial charge in [-0.3, -0.25) is 0 Å². The molecule has 2 aromatic carbocycles. The summed E-state index contributed by atoms with van der Waals surface area (Å²) >= 11 is 7.31. The van der Waals surface area contributed by atoms with E-state index < -0.39 is 9.84 Å². The molecule has 0 fully saturated rings. The molecular weight excluding hydrogens is 326 g/mol. The molecular formula is C15H12ClNO2S2. The van der Waals surface area contributed by atoms with Gasteiger partial charge in [-0.15, -0.1) is 11.3 Å². The predicted octanol–water partition coefficient (Wildman–Crippen LogP) is 4.23. The lowest BCUT2D eigenvalue weighted by atomic mass is 10.2. The summed E-state index contributed by atoms with van der Waals surface area (Å²) in [6.45, 7) is 1.80. The minimum Gasteiger partial charge on any atom is -0.240 e. The van der Waals surface area contributed by atoms with Crippen LogP contribution in [0.15, 0.2) is 47.4 Å². The Hall–Kier alpha value is -1.43. The second-order valence-electron chi connectivity index (χ2n) is 4.74. The number of sulfone groups is 1. The van der Waals surface area contributed by atoms with Crippen LogP contribution in [0.5, 0.6) is 0 Å². The summed E-state index contributed by atoms with van der Waals surface area (Å²) in [5, 5.41) is 1.18. The number of hydrogen-bond acceptors (Lipinski definition) is 4. The number of thiazole rings is 1. The highest BCUT2D eigenvalue weighted by atomic mass is 35.5. The van der Waals surface area contributed by atoms with Crippen LogP contribution in [0.25, 0.3) is 10.2 Å². The second-order valence-corrected chi connectivity index (χ2v) is 8.25. The summed E-state index contributed by atoms with van der Waals surface area (Å²) in [6, 6.07) is 12.4. The standard InChI is InChI=1S/C15H12ClNO2S2/c1-10-4-2-3-5-14(10)21(18,19)9-15-17-12-8-11(16)6-7-13(12)20-15/h2-8H,9H2,1H3. The highest BCUT2D eigenvalue weighted by Crippen LogP contribution is 2.28. The lowest BCUT2D eigenvalue weighted by Gasteiger charge is -2.05. The highest BCUT2D eigenvalue weighted by Gasteiger charge is 2.19. The maximum Gasteiger partial charge on any atom is 0.185 e. The molecule has 0 aliphatic rings. The Morgan fingerprint density at radius 3 is 2.71 bits per heavy atom. The lowest BCUT2D eigenvalue weighted by Crippen LogP contribution is -2.06. The van der Waals surface area contributed by atoms with Crippen molar-refractivity contribution in [2.45, 2.75) is 17.6 Å². The third-order valence-electron chi connectivity index (χ3n) is 3.14. The number of fused-ring (bicyclic) bond motifs is 1. The van der Waals surface area contributed by atoms with Crippen LogP contribution in [-0.2, 0) is 15.6 Å². The van der Waals surface area contributed by atoms with Crippen molar-refractivity contribution in [2.24, 2.45) is 0 Å². The van der Waals surface area contributed by atoms with Crippen molar-refractivity contribution in [1.82, 2.24) is 4.98 Å². The van der Waals surface area contributed by atoms with Gasteiger partial charge in [0.05, 0.1) is 15.1 Å². The SMILES string of the molecule is Cc1ccccc1S(=O)(=O)Cc1nc2cc(Cl)ccc2s1. The van der Waals surface area contributed by atoms with E-state index in [1.165, 1.54) is 11.3 Å². The van der Waals surface area contributed by atoms with E-state index in [0.717, 1.165) is 15.8 Å². The molecule has 1 heterocycles. The molecule has 0 radical (unpaired) electrons. The van der Waals surface area contributed by atoms with Gasteiger partial charge >= 0.3 is 0 Å². The molecule has 0 unspecified atom stereocenters. The highest BCUT2D eigenvalue weighted by molar-refractivity contribution is 7.90. The molecule has 0 N–H and O–H groups in total. The minimum atomic E-state index is -3.39. The zero-order valence-electron chi connectivity index (χ0n) is 11.2. The van der Waals surface area contributed by atoms with E-state index in [2.05, 4.69) is 4.98 Å². The largest absolute Gasteiger partial charge is 0.240 e. The molecule has 3 rings (SSSR count). The van der Waals surface area contributed by atoms with Gasteiger partial charge in [0.25, 0.3) is 0 Å². The number of aryl methyl sites for hydroxylation is 1. The van der Waals surface area contributed by atoms with Gasteiger partial charge in [-0.25, -0.2) is 13.4 Å². The minimum absolute atomic E-state index is 0.0885. The summed E-state index contributed by atoms with van der Waals surface area (Å²) in [7, 11) is -3.39. The fourth-order valence-electron chi connectivity index (χ4n) is 2.16. The van der Waals surface area contributed by atoms with E-state index in [0.29, 0.717) is 14.9 Å². The van der Waals surface area contributed by atoms with Gasteiger partial charge in [0.2, 0.25) is 0 Å². The first-order valence-corrected chi connectivity index (χ1v) is 9.14. The molecule has 3 aromatic rings. The van der Waals surface area contributed by atoms with E-state index in [4.69, 9.17) is 11.6 Å². The van der Waals surface area contributed by atoms with Crippen molar-refractivity contribution in [3.63, 3.8) is 0 Å². The van der Waals surface area contributed by atoms with Gasteiger partial charge < -0.3 is 0 Å². The summed E-state index contributed by atoms with van der Waals surface area (Å²) in [5.41, 5.74) is 1.49. The molecule has 0 bridgehead atoms. The molecule has 1 aromatic heterocycles. The molecule has 0 amide bonds. The third kappa shape index (κ3) is 2.95. The van der Waals surface area contributed by atoms with E-state index in [-0.39, 0.29) is 5.75 Å². The van der Waals surface area contributed by atoms with Crippen LogP contribution in [0.4, 0.5) is 0 Å². The average molecular weight is 338 g/mol. The third-order valence-corrected chi connectivity index (χ3v) is 6.37. The monoisotopic (exact) mass is 337 g/mol. The van der Waals surface area contributed by atoms with Crippen LogP contribution in [-0.4, -0.2) is 13.4 Å². The van der Waals surface area contributed by atoms with Crippen LogP contribution in [0.2, 0.25) is 5.02 Å². The van der Waals surface area contributed by atoms with E-state index >= 15 is 0 Å². The lowest BCUT2D eigenvalue weighted by molar-refractivity contribution is 0.594. The number of hydrogen-bond donors (Lipinski definition) is 0. The van der Waals surface area contributed by atoms with Gasteiger partial charge in [0, 0.05) is 5.02 Å². The van der Waals surface area contributed by atoms with Crippen LogP contribution in [0, 0.1) is 6.92 Å². The van der Waals surface area contributed by atoms with E-state index in [9.17, 15) is 8.42 Å². The summed E-state index contributed by atoms with van der Waals surface area (Å²) in [5.74, 6) is -0.0885. The molecule has 0 aliphatic carbocycles. The van der Waals surface area contributed by atoms with Crippen LogP contribution >= 0.6 is 22.9 Å². The zero-order chi connectivity index (χ0) is 15.0. The Balaban J connectivity index is 1.99. The first kappa shape index (κ1) is 14.5. The van der Waals surface area contributed by atoms with Crippen molar-refractivity contribution in [3.8, 4) is 0 Å². The quantitative estimate of drug-likeness (QED) is 0.718. The van der Waals surface area contributed by atoms with E-state index in [1.807, 2.05) is 12.1 Å². The predicted molar refractivity (Wildman–Crippen MR) is 86.7 cm³/mol. The number of aromatic nitrogens is 1. The normalized spacial score (nSPS) is 11.9. The molecule has 3 nitrogen and oxygen atoms in total. The van der Waals surface area contributed by atoms with Gasteiger partial charge in [0.15, 0.2) is 9.84 Å². The smallest absolute Gasteiger partial charge is 0.185 e. The van der Waals surface area contributed by atoms with E-state index in [1.54, 1.807) is 37.3 Å². The molecule has 0 atom stereocenters.